The molecule has 0 bridgehead atoms. The average molecular weight is 237 g/mol. The normalized spacial score (nSPS) is 11.4. The molecule has 1 aromatic rings. The van der Waals surface area contributed by atoms with Crippen molar-refractivity contribution in [2.45, 2.75) is 20.3 Å². The van der Waals surface area contributed by atoms with Crippen LogP contribution >= 0.6 is 0 Å². The molecule has 0 unspecified atom stereocenters. The Kier molecular flexibility index (Phi) is 5.33. The predicted octanol–water partition coefficient (Wildman–Crippen LogP) is 2.43. The van der Waals surface area contributed by atoms with Crippen molar-refractivity contribution in [1.29, 1.82) is 0 Å². The summed E-state index contributed by atoms with van der Waals surface area (Å²) in [5, 5.41) is 11.4. The van der Waals surface area contributed by atoms with Crippen LogP contribution in [0, 0.1) is 5.21 Å². The molecule has 0 aliphatic carbocycles. The summed E-state index contributed by atoms with van der Waals surface area (Å²) in [6, 6.07) is 5.45. The van der Waals surface area contributed by atoms with Gasteiger partial charge in [0.1, 0.15) is 0 Å². The zero-order valence-corrected chi connectivity index (χ0v) is 10.6. The van der Waals surface area contributed by atoms with E-state index in [-0.39, 0.29) is 0 Å². The number of ether oxygens (including phenoxy) is 2. The highest BCUT2D eigenvalue weighted by Crippen LogP contribution is 2.27. The van der Waals surface area contributed by atoms with Gasteiger partial charge in [-0.05, 0) is 25.1 Å². The van der Waals surface area contributed by atoms with Gasteiger partial charge in [-0.15, -0.1) is 0 Å². The van der Waals surface area contributed by atoms with Gasteiger partial charge in [-0.3, -0.25) is 0 Å². The van der Waals surface area contributed by atoms with Crippen LogP contribution in [0.4, 0.5) is 0 Å². The molecule has 0 aliphatic heterocycles. The van der Waals surface area contributed by atoms with E-state index >= 15 is 0 Å². The number of hydrogen-bond donors (Lipinski definition) is 0. The molecule has 0 saturated heterocycles. The Morgan fingerprint density at radius 3 is 2.65 bits per heavy atom. The van der Waals surface area contributed by atoms with Crippen LogP contribution in [0.1, 0.15) is 25.8 Å². The second-order valence-corrected chi connectivity index (χ2v) is 3.61. The van der Waals surface area contributed by atoms with Crippen molar-refractivity contribution >= 4 is 6.21 Å². The number of hydrogen-bond acceptors (Lipinski definition) is 3. The molecule has 0 saturated carbocycles. The van der Waals surface area contributed by atoms with Crippen LogP contribution in [0.3, 0.4) is 0 Å². The van der Waals surface area contributed by atoms with Crippen LogP contribution in [0.2, 0.25) is 0 Å². The Bertz CT molecular complexity index is 388. The zero-order valence-electron chi connectivity index (χ0n) is 10.6. The lowest BCUT2D eigenvalue weighted by Crippen LogP contribution is -2.06. The summed E-state index contributed by atoms with van der Waals surface area (Å²) < 4.78 is 11.5. The van der Waals surface area contributed by atoms with E-state index in [9.17, 15) is 5.21 Å². The third-order valence-electron chi connectivity index (χ3n) is 2.22. The van der Waals surface area contributed by atoms with Gasteiger partial charge in [0.25, 0.3) is 0 Å². The number of methoxy groups -OCH3 is 1. The van der Waals surface area contributed by atoms with Gasteiger partial charge in [0.15, 0.2) is 24.3 Å². The quantitative estimate of drug-likeness (QED) is 0.330. The van der Waals surface area contributed by atoms with E-state index in [1.807, 2.05) is 26.0 Å². The summed E-state index contributed by atoms with van der Waals surface area (Å²) in [6.07, 6.45) is 2.39. The monoisotopic (exact) mass is 237 g/mol. The van der Waals surface area contributed by atoms with Gasteiger partial charge in [-0.25, -0.2) is 4.74 Å². The largest absolute Gasteiger partial charge is 0.624 e. The lowest BCUT2D eigenvalue weighted by Gasteiger charge is -2.09. The van der Waals surface area contributed by atoms with Crippen molar-refractivity contribution in [2.24, 2.45) is 0 Å². The van der Waals surface area contributed by atoms with Gasteiger partial charge in [0, 0.05) is 12.0 Å². The Morgan fingerprint density at radius 1 is 1.29 bits per heavy atom. The molecule has 94 valence electrons. The Balaban J connectivity index is 2.95. The fourth-order valence-electron chi connectivity index (χ4n) is 1.49. The van der Waals surface area contributed by atoms with Gasteiger partial charge >= 0.3 is 0 Å². The lowest BCUT2D eigenvalue weighted by molar-refractivity contribution is -0.452. The minimum Gasteiger partial charge on any atom is -0.624 e. The molecule has 0 radical (unpaired) electrons. The second kappa shape index (κ2) is 6.78. The standard InChI is InChI=1S/C13H19NO3/c1-4-8-14(15)10-11-6-7-12(16-3)13(9-11)17-5-2/h6-7,9-10H,4-5,8H2,1-3H3. The average Bonchev–Trinajstić information content (AvgIpc) is 2.30. The fourth-order valence-corrected chi connectivity index (χ4v) is 1.49. The molecule has 1 rings (SSSR count). The molecule has 4 nitrogen and oxygen atoms in total. The second-order valence-electron chi connectivity index (χ2n) is 3.61. The van der Waals surface area contributed by atoms with Crippen LogP contribution in [-0.4, -0.2) is 31.2 Å². The minimum absolute atomic E-state index is 0.496. The van der Waals surface area contributed by atoms with Gasteiger partial charge < -0.3 is 14.7 Å². The van der Waals surface area contributed by atoms with E-state index in [1.54, 1.807) is 19.4 Å². The maximum atomic E-state index is 11.4. The van der Waals surface area contributed by atoms with E-state index in [2.05, 4.69) is 0 Å². The Labute approximate surface area is 102 Å². The molecule has 0 heterocycles. The van der Waals surface area contributed by atoms with E-state index in [4.69, 9.17) is 9.47 Å². The summed E-state index contributed by atoms with van der Waals surface area (Å²) in [7, 11) is 1.60. The smallest absolute Gasteiger partial charge is 0.181 e. The summed E-state index contributed by atoms with van der Waals surface area (Å²) in [6.45, 7) is 4.94. The minimum atomic E-state index is 0.496. The van der Waals surface area contributed by atoms with Crippen molar-refractivity contribution < 1.29 is 14.2 Å². The molecule has 0 atom stereocenters. The first kappa shape index (κ1) is 13.4. The molecule has 1 aromatic carbocycles. The summed E-state index contributed by atoms with van der Waals surface area (Å²) in [5.74, 6) is 1.34. The molecule has 0 spiro atoms. The molecule has 4 heteroatoms. The first-order chi connectivity index (χ1) is 8.21. The van der Waals surface area contributed by atoms with Crippen molar-refractivity contribution in [1.82, 2.24) is 0 Å². The number of nitrogens with zero attached hydrogens (tertiary/aromatic N) is 1. The van der Waals surface area contributed by atoms with Crippen LogP contribution in [0.25, 0.3) is 0 Å². The van der Waals surface area contributed by atoms with Gasteiger partial charge in [-0.2, -0.15) is 0 Å². The Hall–Kier alpha value is -1.71. The van der Waals surface area contributed by atoms with E-state index in [0.29, 0.717) is 24.7 Å². The van der Waals surface area contributed by atoms with E-state index < -0.39 is 0 Å². The highest BCUT2D eigenvalue weighted by Gasteiger charge is 2.05. The molecule has 0 amide bonds. The van der Waals surface area contributed by atoms with Gasteiger partial charge in [0.2, 0.25) is 0 Å². The number of hydroxylamine groups is 1. The lowest BCUT2D eigenvalue weighted by atomic mass is 10.2. The number of benzene rings is 1. The third kappa shape index (κ3) is 3.98. The van der Waals surface area contributed by atoms with Crippen molar-refractivity contribution in [3.05, 3.63) is 29.0 Å². The van der Waals surface area contributed by atoms with Crippen molar-refractivity contribution in [3.63, 3.8) is 0 Å². The number of rotatable bonds is 6. The topological polar surface area (TPSA) is 44.5 Å². The first-order valence-corrected chi connectivity index (χ1v) is 5.80. The first-order valence-electron chi connectivity index (χ1n) is 5.80. The highest BCUT2D eigenvalue weighted by molar-refractivity contribution is 5.77. The van der Waals surface area contributed by atoms with Crippen LogP contribution in [-0.2, 0) is 0 Å². The van der Waals surface area contributed by atoms with E-state index in [0.717, 1.165) is 16.7 Å². The van der Waals surface area contributed by atoms with Crippen molar-refractivity contribution in [2.75, 3.05) is 20.3 Å². The van der Waals surface area contributed by atoms with Crippen LogP contribution < -0.4 is 9.47 Å². The maximum absolute atomic E-state index is 11.4. The zero-order chi connectivity index (χ0) is 12.7. The molecule has 0 aromatic heterocycles. The maximum Gasteiger partial charge on any atom is 0.181 e. The van der Waals surface area contributed by atoms with Crippen LogP contribution in [0.5, 0.6) is 11.5 Å². The molecular weight excluding hydrogens is 218 g/mol. The fraction of sp³-hybridized carbons (Fsp3) is 0.462. The summed E-state index contributed by atoms with van der Waals surface area (Å²) in [5.41, 5.74) is 0.817. The molecule has 0 fully saturated rings. The Morgan fingerprint density at radius 2 is 2.06 bits per heavy atom. The summed E-state index contributed by atoms with van der Waals surface area (Å²) in [4.78, 5) is 0. The predicted molar refractivity (Wildman–Crippen MR) is 68.1 cm³/mol. The van der Waals surface area contributed by atoms with Crippen LogP contribution in [0.15, 0.2) is 18.2 Å². The van der Waals surface area contributed by atoms with Gasteiger partial charge in [-0.1, -0.05) is 6.92 Å². The molecule has 0 aliphatic rings. The van der Waals surface area contributed by atoms with Crippen molar-refractivity contribution in [3.8, 4) is 11.5 Å². The molecule has 17 heavy (non-hydrogen) atoms. The molecule has 0 N–H and O–H groups in total. The third-order valence-corrected chi connectivity index (χ3v) is 2.22. The SMILES string of the molecule is CCC[N+]([O-])=Cc1ccc(OC)c(OCC)c1. The van der Waals surface area contributed by atoms with E-state index in [1.165, 1.54) is 0 Å². The van der Waals surface area contributed by atoms with Gasteiger partial charge in [0.05, 0.1) is 13.7 Å². The molecular formula is C13H19NO3. The summed E-state index contributed by atoms with van der Waals surface area (Å²) >= 11 is 0. The highest BCUT2D eigenvalue weighted by atomic mass is 16.5.